The van der Waals surface area contributed by atoms with E-state index in [9.17, 15) is 46.5 Å². The van der Waals surface area contributed by atoms with Crippen LogP contribution in [0.15, 0.2) is 97.1 Å². The summed E-state index contributed by atoms with van der Waals surface area (Å²) in [6.07, 6.45) is 0.000842. The Kier molecular flexibility index (Phi) is 41.8. The van der Waals surface area contributed by atoms with Gasteiger partial charge in [-0.3, -0.25) is 36.5 Å². The minimum Gasteiger partial charge on any atom is -0.508 e. The van der Waals surface area contributed by atoms with Gasteiger partial charge >= 0.3 is 30.4 Å². The van der Waals surface area contributed by atoms with E-state index in [2.05, 4.69) is 19.4 Å². The van der Waals surface area contributed by atoms with Crippen molar-refractivity contribution in [2.45, 2.75) is 61.3 Å². The molecule has 0 radical (unpaired) electrons. The van der Waals surface area contributed by atoms with Gasteiger partial charge < -0.3 is 84.9 Å². The zero-order chi connectivity index (χ0) is 70.8. The van der Waals surface area contributed by atoms with Gasteiger partial charge in [-0.2, -0.15) is 10.5 Å². The van der Waals surface area contributed by atoms with Crippen LogP contribution in [0.5, 0.6) is 5.75 Å². The van der Waals surface area contributed by atoms with Crippen molar-refractivity contribution in [1.82, 2.24) is 0 Å². The third-order valence-corrected chi connectivity index (χ3v) is 34.2. The smallest absolute Gasteiger partial charge is 0.341 e. The van der Waals surface area contributed by atoms with Crippen LogP contribution in [-0.2, 0) is 86.3 Å². The SMILES string of the molecule is CCOP(=O)(CP(=O)(OCC)c1ccc(N)cc1)OCC.CCOP(=O)(O)CP(=O)(OCC)c1ccc(C)cc1.[C-]#[N+]CCOP(=O)(CP(=O)(OCCC#N)c1ccc(C)cc1)OCC[N+]#[C-].[C-]#[N+]CCOP(=O)(CP(=O)(OCCC#N)c1ccc(O)cc1)OCC[N+]#[C-]. The van der Waals surface area contributed by atoms with Gasteiger partial charge in [0.15, 0.2) is 0 Å². The monoisotopic (exact) mass is 1460 g/mol. The third-order valence-electron chi connectivity index (χ3n) is 11.5. The minimum atomic E-state index is -3.95. The van der Waals surface area contributed by atoms with Crippen molar-refractivity contribution >= 4 is 86.8 Å². The van der Waals surface area contributed by atoms with Gasteiger partial charge in [-0.25, -0.2) is 26.3 Å². The highest BCUT2D eigenvalue weighted by atomic mass is 31.2. The number of anilines is 1. The maximum Gasteiger partial charge on any atom is 0.341 e. The number of phenolic OH excluding ortho intramolecular Hbond substituents is 1. The molecule has 4 N–H and O–H groups in total. The first-order valence-electron chi connectivity index (χ1n) is 28.9. The fourth-order valence-electron chi connectivity index (χ4n) is 7.42. The lowest BCUT2D eigenvalue weighted by molar-refractivity contribution is 0.218. The van der Waals surface area contributed by atoms with Crippen LogP contribution >= 0.6 is 59.9 Å². The molecule has 0 aromatic heterocycles. The van der Waals surface area contributed by atoms with Gasteiger partial charge in [-0.05, 0) is 121 Å². The minimum absolute atomic E-state index is 0.0243. The number of nitrogen functional groups attached to an aromatic ring is 1. The van der Waals surface area contributed by atoms with E-state index in [1.165, 1.54) is 24.3 Å². The lowest BCUT2D eigenvalue weighted by Crippen LogP contribution is -2.14. The summed E-state index contributed by atoms with van der Waals surface area (Å²) in [6, 6.07) is 29.3. The standard InChI is InChI=1S/C17H21N3O5P2.C16H19N3O6P2.C13H23NO5P2.C12H20O5P2/c1-16-5-7-17(8-6-16)26(21,23-12-4-9-18)15-27(22,24-13-10-19-2)25-14-11-20-3;1-18-9-12-24-27(22,25-13-10-19-2)14-26(21,23-11-3-8-17)16-6-4-15(20)5-7-16;1-4-17-20(15,13-9-7-12(14)8-10-13)11-21(16,18-5-2)19-6-3;1-4-16-18(13,10-19(14,15)17-5-2)12-8-6-11(3)7-9-12/h5-8H,4,10-15H2,1H3;4-7,20H,3,9-14H2;7-10H,4-6,11,14H2,1-3H3;6-9H,4-5,10H2,1-3H3,(H,14,15). The number of nitrogens with zero attached hydrogens (tertiary/aromatic N) is 6. The number of hydrogen-bond donors (Lipinski definition) is 3. The normalized spacial score (nSPS) is 14.4. The first kappa shape index (κ1) is 86.8. The number of rotatable bonds is 40. The molecule has 0 amide bonds. The predicted octanol–water partition coefficient (Wildman–Crippen LogP) is 13.6. The van der Waals surface area contributed by atoms with E-state index in [1.807, 2.05) is 26.0 Å². The van der Waals surface area contributed by atoms with E-state index in [1.54, 1.807) is 107 Å². The molecule has 36 heteroatoms. The molecule has 94 heavy (non-hydrogen) atoms. The Morgan fingerprint density at radius 2 is 0.660 bits per heavy atom. The summed E-state index contributed by atoms with van der Waals surface area (Å²) in [7, 11) is -29.4. The van der Waals surface area contributed by atoms with Gasteiger partial charge in [0.1, 0.15) is 55.8 Å². The van der Waals surface area contributed by atoms with Gasteiger partial charge in [-0.15, -0.1) is 0 Å². The number of phenols is 1. The summed E-state index contributed by atoms with van der Waals surface area (Å²) in [6.45, 7) is 39.2. The van der Waals surface area contributed by atoms with Crippen molar-refractivity contribution < 1.29 is 96.3 Å². The fraction of sp³-hybridized carbons (Fsp3) is 0.483. The lowest BCUT2D eigenvalue weighted by atomic mass is 10.2. The molecule has 0 spiro atoms. The van der Waals surface area contributed by atoms with E-state index in [-0.39, 0.29) is 129 Å². The summed E-state index contributed by atoms with van der Waals surface area (Å²) < 4.78 is 161. The second kappa shape index (κ2) is 45.3. The number of nitriles is 2. The van der Waals surface area contributed by atoms with Crippen LogP contribution in [0.25, 0.3) is 19.4 Å². The highest BCUT2D eigenvalue weighted by molar-refractivity contribution is 7.80. The Labute approximate surface area is 552 Å². The predicted molar refractivity (Wildman–Crippen MR) is 363 cm³/mol. The molecule has 0 bridgehead atoms. The Bertz CT molecular complexity index is 3410. The average molecular weight is 1460 g/mol. The second-order valence-corrected chi connectivity index (χ2v) is 38.7. The van der Waals surface area contributed by atoms with Crippen LogP contribution in [-0.4, -0.2) is 132 Å². The van der Waals surface area contributed by atoms with Crippen molar-refractivity contribution in [3.05, 3.63) is 154 Å². The Balaban J connectivity index is 0.000000633. The van der Waals surface area contributed by atoms with Crippen molar-refractivity contribution in [2.75, 3.05) is 128 Å². The van der Waals surface area contributed by atoms with Crippen LogP contribution < -0.4 is 27.0 Å². The fourth-order valence-corrected chi connectivity index (χ4v) is 28.5. The van der Waals surface area contributed by atoms with Crippen molar-refractivity contribution in [2.24, 2.45) is 0 Å². The number of hydrogen-bond acceptors (Lipinski definition) is 23. The molecule has 0 aliphatic rings. The van der Waals surface area contributed by atoms with E-state index < -0.39 is 77.6 Å². The maximum absolute atomic E-state index is 13.5. The summed E-state index contributed by atoms with van der Waals surface area (Å²) in [5.74, 6) is -1.95. The summed E-state index contributed by atoms with van der Waals surface area (Å²) in [5, 5.41) is 28.2. The van der Waals surface area contributed by atoms with Gasteiger partial charge in [0.2, 0.25) is 55.7 Å². The van der Waals surface area contributed by atoms with E-state index in [0.29, 0.717) is 21.6 Å². The van der Waals surface area contributed by atoms with Gasteiger partial charge in [0.25, 0.3) is 0 Å². The van der Waals surface area contributed by atoms with Crippen molar-refractivity contribution in [1.29, 1.82) is 10.5 Å². The number of nitrogens with two attached hydrogens (primary N) is 1. The Hall–Kier alpha value is -5.22. The number of aryl methyl sites for hydroxylation is 2. The van der Waals surface area contributed by atoms with Crippen LogP contribution in [0.1, 0.15) is 58.6 Å². The molecule has 0 fully saturated rings. The lowest BCUT2D eigenvalue weighted by Gasteiger charge is -2.23. The molecular formula is C58H83N7O21P8. The molecular weight excluding hydrogens is 1380 g/mol. The van der Waals surface area contributed by atoms with E-state index >= 15 is 0 Å². The summed E-state index contributed by atoms with van der Waals surface area (Å²) >= 11 is 0. The Morgan fingerprint density at radius 1 is 0.394 bits per heavy atom. The first-order chi connectivity index (χ1) is 44.5. The van der Waals surface area contributed by atoms with Crippen LogP contribution in [0.2, 0.25) is 0 Å². The number of benzene rings is 4. The van der Waals surface area contributed by atoms with Gasteiger partial charge in [-0.1, -0.05) is 35.4 Å². The molecule has 0 saturated carbocycles. The topological polar surface area (TPSA) is 370 Å². The molecule has 5 unspecified atom stereocenters. The van der Waals surface area contributed by atoms with E-state index in [4.69, 9.17) is 92.3 Å². The second-order valence-electron chi connectivity index (χ2n) is 18.9. The molecule has 516 valence electrons. The van der Waals surface area contributed by atoms with Crippen LogP contribution in [0.3, 0.4) is 0 Å². The summed E-state index contributed by atoms with van der Waals surface area (Å²) in [5.41, 5.74) is 8.16. The van der Waals surface area contributed by atoms with Gasteiger partial charge in [0, 0.05) is 26.9 Å². The molecule has 0 aliphatic carbocycles. The zero-order valence-electron chi connectivity index (χ0n) is 53.6. The molecule has 4 aromatic rings. The largest absolute Gasteiger partial charge is 0.508 e. The molecule has 4 rings (SSSR count). The maximum atomic E-state index is 13.5. The molecule has 4 aromatic carbocycles. The molecule has 0 aliphatic heterocycles. The Morgan fingerprint density at radius 3 is 0.947 bits per heavy atom. The van der Waals surface area contributed by atoms with Gasteiger partial charge in [0.05, 0.1) is 71.2 Å². The van der Waals surface area contributed by atoms with Crippen molar-refractivity contribution in [3.8, 4) is 17.9 Å². The van der Waals surface area contributed by atoms with Crippen molar-refractivity contribution in [3.63, 3.8) is 0 Å². The average Bonchev–Trinajstić information content (AvgIpc) is 0.847. The first-order valence-corrected chi connectivity index (χ1v) is 43.1. The zero-order valence-corrected chi connectivity index (χ0v) is 60.7. The molecule has 28 nitrogen and oxygen atoms in total. The third kappa shape index (κ3) is 33.2. The van der Waals surface area contributed by atoms with E-state index in [0.717, 1.165) is 11.1 Å². The van der Waals surface area contributed by atoms with Crippen LogP contribution in [0, 0.1) is 62.8 Å². The molecule has 0 heterocycles. The highest BCUT2D eigenvalue weighted by Gasteiger charge is 2.42. The molecule has 5 atom stereocenters. The summed E-state index contributed by atoms with van der Waals surface area (Å²) in [4.78, 5) is 22.1. The molecule has 0 saturated heterocycles. The highest BCUT2D eigenvalue weighted by Crippen LogP contribution is 2.65. The number of aromatic hydroxyl groups is 1. The quantitative estimate of drug-likeness (QED) is 0.0161. The van der Waals surface area contributed by atoms with Crippen LogP contribution in [0.4, 0.5) is 5.69 Å².